The van der Waals surface area contributed by atoms with Crippen molar-refractivity contribution in [2.45, 2.75) is 77.8 Å². The Kier molecular flexibility index (Phi) is 5.44. The van der Waals surface area contributed by atoms with Gasteiger partial charge in [0, 0.05) is 29.7 Å². The molecule has 0 spiro atoms. The lowest BCUT2D eigenvalue weighted by molar-refractivity contribution is -0.130. The third-order valence-electron chi connectivity index (χ3n) is 5.25. The number of carbonyl (C=O) groups excluding carboxylic acids is 1. The molecule has 1 aliphatic heterocycles. The number of carbonyl (C=O) groups is 1. The summed E-state index contributed by atoms with van der Waals surface area (Å²) in [6.07, 6.45) is 10.8. The maximum atomic E-state index is 12.6. The molecule has 2 rings (SSSR count). The maximum absolute atomic E-state index is 12.6. The van der Waals surface area contributed by atoms with Crippen LogP contribution in [0, 0.1) is 11.3 Å². The van der Waals surface area contributed by atoms with Gasteiger partial charge in [0.05, 0.1) is 0 Å². The van der Waals surface area contributed by atoms with Crippen LogP contribution in [0.2, 0.25) is 0 Å². The molecule has 2 nitrogen and oxygen atoms in total. The van der Waals surface area contributed by atoms with Crippen LogP contribution in [0.15, 0.2) is 0 Å². The SMILES string of the molecule is CSCC12CC(=O)N(C(C)C)C1CCCCCC(C)C2. The number of hydrogen-bond donors (Lipinski definition) is 0. The summed E-state index contributed by atoms with van der Waals surface area (Å²) < 4.78 is 0. The van der Waals surface area contributed by atoms with E-state index in [1.165, 1.54) is 38.5 Å². The Bertz CT molecular complexity index is 344. The summed E-state index contributed by atoms with van der Waals surface area (Å²) >= 11 is 1.94. The number of fused-ring (bicyclic) bond motifs is 1. The van der Waals surface area contributed by atoms with Crippen LogP contribution in [0.3, 0.4) is 0 Å². The van der Waals surface area contributed by atoms with Gasteiger partial charge in [0.1, 0.15) is 0 Å². The summed E-state index contributed by atoms with van der Waals surface area (Å²) in [6.45, 7) is 6.76. The van der Waals surface area contributed by atoms with Crippen molar-refractivity contribution < 1.29 is 4.79 Å². The van der Waals surface area contributed by atoms with Crippen molar-refractivity contribution in [3.63, 3.8) is 0 Å². The average molecular weight is 298 g/mol. The van der Waals surface area contributed by atoms with Crippen molar-refractivity contribution in [1.29, 1.82) is 0 Å². The molecule has 1 aliphatic carbocycles. The third kappa shape index (κ3) is 3.18. The molecule has 0 aromatic heterocycles. The minimum absolute atomic E-state index is 0.241. The van der Waals surface area contributed by atoms with Crippen LogP contribution in [0.4, 0.5) is 0 Å². The second kappa shape index (κ2) is 6.72. The molecular formula is C17H31NOS. The van der Waals surface area contributed by atoms with Gasteiger partial charge in [-0.25, -0.2) is 0 Å². The third-order valence-corrected chi connectivity index (χ3v) is 6.12. The van der Waals surface area contributed by atoms with Crippen molar-refractivity contribution in [1.82, 2.24) is 4.90 Å². The smallest absolute Gasteiger partial charge is 0.223 e. The van der Waals surface area contributed by atoms with Gasteiger partial charge in [0.25, 0.3) is 0 Å². The molecular weight excluding hydrogens is 266 g/mol. The molecule has 2 fully saturated rings. The molecule has 0 aromatic rings. The van der Waals surface area contributed by atoms with Gasteiger partial charge in [-0.3, -0.25) is 4.79 Å². The van der Waals surface area contributed by atoms with Crippen LogP contribution in [0.5, 0.6) is 0 Å². The largest absolute Gasteiger partial charge is 0.337 e. The van der Waals surface area contributed by atoms with E-state index >= 15 is 0 Å². The van der Waals surface area contributed by atoms with Gasteiger partial charge in [-0.2, -0.15) is 11.8 Å². The summed E-state index contributed by atoms with van der Waals surface area (Å²) in [5.74, 6) is 2.33. The Hall–Kier alpha value is -0.180. The highest BCUT2D eigenvalue weighted by Crippen LogP contribution is 2.48. The van der Waals surface area contributed by atoms with E-state index in [0.29, 0.717) is 18.0 Å². The lowest BCUT2D eigenvalue weighted by Crippen LogP contribution is -2.45. The van der Waals surface area contributed by atoms with Crippen LogP contribution >= 0.6 is 11.8 Å². The van der Waals surface area contributed by atoms with Crippen LogP contribution in [-0.2, 0) is 4.79 Å². The molecule has 116 valence electrons. The van der Waals surface area contributed by atoms with E-state index in [9.17, 15) is 4.79 Å². The standard InChI is InChI=1S/C17H31NOS/c1-13(2)18-15-9-7-5-6-8-14(3)10-17(15,12-20-4)11-16(18)19/h13-15H,5-12H2,1-4H3. The van der Waals surface area contributed by atoms with E-state index < -0.39 is 0 Å². The van der Waals surface area contributed by atoms with Crippen LogP contribution in [-0.4, -0.2) is 34.9 Å². The first-order valence-corrected chi connectivity index (χ1v) is 9.69. The van der Waals surface area contributed by atoms with E-state index in [-0.39, 0.29) is 5.41 Å². The van der Waals surface area contributed by atoms with E-state index in [4.69, 9.17) is 0 Å². The van der Waals surface area contributed by atoms with Crippen molar-refractivity contribution >= 4 is 17.7 Å². The molecule has 0 bridgehead atoms. The highest BCUT2D eigenvalue weighted by molar-refractivity contribution is 7.98. The fraction of sp³-hybridized carbons (Fsp3) is 0.941. The van der Waals surface area contributed by atoms with Gasteiger partial charge in [-0.1, -0.05) is 32.6 Å². The maximum Gasteiger partial charge on any atom is 0.223 e. The number of amides is 1. The Morgan fingerprint density at radius 1 is 1.30 bits per heavy atom. The summed E-state index contributed by atoms with van der Waals surface area (Å²) in [4.78, 5) is 14.8. The van der Waals surface area contributed by atoms with Gasteiger partial charge in [-0.15, -0.1) is 0 Å². The van der Waals surface area contributed by atoms with Gasteiger partial charge in [0.15, 0.2) is 0 Å². The van der Waals surface area contributed by atoms with E-state index in [2.05, 4.69) is 31.9 Å². The lowest BCUT2D eigenvalue weighted by Gasteiger charge is -2.40. The zero-order chi connectivity index (χ0) is 14.8. The number of nitrogens with zero attached hydrogens (tertiary/aromatic N) is 1. The van der Waals surface area contributed by atoms with E-state index in [1.54, 1.807) is 0 Å². The summed E-state index contributed by atoms with van der Waals surface area (Å²) in [6, 6.07) is 0.843. The van der Waals surface area contributed by atoms with E-state index in [1.807, 2.05) is 11.8 Å². The molecule has 0 N–H and O–H groups in total. The lowest BCUT2D eigenvalue weighted by atomic mass is 9.73. The van der Waals surface area contributed by atoms with Crippen molar-refractivity contribution in [3.8, 4) is 0 Å². The van der Waals surface area contributed by atoms with Crippen LogP contribution in [0.1, 0.15) is 65.7 Å². The number of hydrogen-bond acceptors (Lipinski definition) is 2. The predicted molar refractivity (Wildman–Crippen MR) is 88.1 cm³/mol. The second-order valence-electron chi connectivity index (χ2n) is 7.33. The van der Waals surface area contributed by atoms with Crippen molar-refractivity contribution in [3.05, 3.63) is 0 Å². The minimum atomic E-state index is 0.241. The van der Waals surface area contributed by atoms with Gasteiger partial charge in [0.2, 0.25) is 5.91 Å². The van der Waals surface area contributed by atoms with Crippen LogP contribution < -0.4 is 0 Å². The molecule has 0 aromatic carbocycles. The number of rotatable bonds is 3. The summed E-state index contributed by atoms with van der Waals surface area (Å²) in [5, 5.41) is 0. The quantitative estimate of drug-likeness (QED) is 0.772. The minimum Gasteiger partial charge on any atom is -0.337 e. The molecule has 3 unspecified atom stereocenters. The molecule has 3 atom stereocenters. The highest BCUT2D eigenvalue weighted by atomic mass is 32.2. The van der Waals surface area contributed by atoms with Gasteiger partial charge < -0.3 is 4.90 Å². The second-order valence-corrected chi connectivity index (χ2v) is 8.20. The predicted octanol–water partition coefficient (Wildman–Crippen LogP) is 4.34. The normalized spacial score (nSPS) is 35.6. The molecule has 1 saturated heterocycles. The summed E-state index contributed by atoms with van der Waals surface area (Å²) in [5.41, 5.74) is 0.241. The first-order valence-electron chi connectivity index (χ1n) is 8.30. The van der Waals surface area contributed by atoms with E-state index in [0.717, 1.165) is 18.1 Å². The van der Waals surface area contributed by atoms with Gasteiger partial charge >= 0.3 is 0 Å². The molecule has 3 heteroatoms. The fourth-order valence-corrected chi connectivity index (χ4v) is 5.56. The molecule has 1 amide bonds. The first-order chi connectivity index (χ1) is 9.50. The highest BCUT2D eigenvalue weighted by Gasteiger charge is 2.51. The Morgan fingerprint density at radius 2 is 2.00 bits per heavy atom. The van der Waals surface area contributed by atoms with Crippen LogP contribution in [0.25, 0.3) is 0 Å². The number of thioether (sulfide) groups is 1. The molecule has 0 radical (unpaired) electrons. The topological polar surface area (TPSA) is 20.3 Å². The summed E-state index contributed by atoms with van der Waals surface area (Å²) in [7, 11) is 0. The molecule has 20 heavy (non-hydrogen) atoms. The Balaban J connectivity index is 2.31. The molecule has 2 aliphatic rings. The zero-order valence-electron chi connectivity index (χ0n) is 13.7. The van der Waals surface area contributed by atoms with Crippen molar-refractivity contribution in [2.24, 2.45) is 11.3 Å². The van der Waals surface area contributed by atoms with Gasteiger partial charge in [-0.05, 0) is 38.9 Å². The first kappa shape index (κ1) is 16.2. The average Bonchev–Trinajstić information content (AvgIpc) is 2.63. The zero-order valence-corrected chi connectivity index (χ0v) is 14.5. The Labute approximate surface area is 129 Å². The Morgan fingerprint density at radius 3 is 2.65 bits per heavy atom. The van der Waals surface area contributed by atoms with Crippen molar-refractivity contribution in [2.75, 3.05) is 12.0 Å². The fourth-order valence-electron chi connectivity index (χ4n) is 4.58. The molecule has 1 heterocycles. The number of likely N-dealkylation sites (tertiary alicyclic amines) is 1. The molecule has 1 saturated carbocycles. The monoisotopic (exact) mass is 297 g/mol.